The van der Waals surface area contributed by atoms with E-state index in [9.17, 15) is 4.79 Å². The number of rotatable bonds is 4. The molecular weight excluding hydrogens is 244 g/mol. The molecule has 6 heteroatoms. The van der Waals surface area contributed by atoms with Crippen LogP contribution < -0.4 is 5.32 Å². The van der Waals surface area contributed by atoms with E-state index in [1.165, 1.54) is 11.8 Å². The summed E-state index contributed by atoms with van der Waals surface area (Å²) in [5, 5.41) is 2.90. The number of nitrogens with one attached hydrogen (secondary N) is 1. The van der Waals surface area contributed by atoms with Crippen LogP contribution in [0.25, 0.3) is 0 Å². The summed E-state index contributed by atoms with van der Waals surface area (Å²) in [5.41, 5.74) is 0. The Bertz CT molecular complexity index is 278. The Kier molecular flexibility index (Phi) is 4.99. The van der Waals surface area contributed by atoms with Gasteiger partial charge in [-0.2, -0.15) is 0 Å². The first-order valence-corrected chi connectivity index (χ1v) is 7.50. The fraction of sp³-hybridized carbons (Fsp3) is 0.800. The smallest absolute Gasteiger partial charge is 0.230 e. The Balaban J connectivity index is 1.56. The normalized spacial score (nSPS) is 24.5. The van der Waals surface area contributed by atoms with E-state index in [4.69, 9.17) is 4.74 Å². The molecule has 1 saturated heterocycles. The van der Waals surface area contributed by atoms with Crippen LogP contribution in [0, 0.1) is 0 Å². The largest absolute Gasteiger partial charge is 0.376 e. The van der Waals surface area contributed by atoms with E-state index in [-0.39, 0.29) is 12.0 Å². The Hall–Kier alpha value is -0.200. The van der Waals surface area contributed by atoms with E-state index < -0.39 is 0 Å². The zero-order valence-corrected chi connectivity index (χ0v) is 10.7. The lowest BCUT2D eigenvalue weighted by Gasteiger charge is -2.10. The number of hydrogen-bond donors (Lipinski definition) is 1. The Morgan fingerprint density at radius 3 is 3.31 bits per heavy atom. The highest BCUT2D eigenvalue weighted by Gasteiger charge is 2.16. The van der Waals surface area contributed by atoms with Crippen LogP contribution in [0.4, 0.5) is 0 Å². The first-order chi connectivity index (χ1) is 7.84. The molecule has 2 heterocycles. The highest BCUT2D eigenvalue weighted by Crippen LogP contribution is 2.21. The van der Waals surface area contributed by atoms with Crippen molar-refractivity contribution in [3.05, 3.63) is 0 Å². The van der Waals surface area contributed by atoms with Crippen molar-refractivity contribution in [2.24, 2.45) is 4.99 Å². The maximum Gasteiger partial charge on any atom is 0.230 e. The fourth-order valence-electron chi connectivity index (χ4n) is 1.61. The van der Waals surface area contributed by atoms with Crippen molar-refractivity contribution >= 4 is 33.8 Å². The van der Waals surface area contributed by atoms with E-state index in [1.54, 1.807) is 11.8 Å². The molecule has 0 aromatic rings. The van der Waals surface area contributed by atoms with Gasteiger partial charge >= 0.3 is 0 Å². The van der Waals surface area contributed by atoms with Gasteiger partial charge in [-0.25, -0.2) is 0 Å². The Labute approximate surface area is 104 Å². The number of thioether (sulfide) groups is 2. The molecule has 16 heavy (non-hydrogen) atoms. The van der Waals surface area contributed by atoms with Gasteiger partial charge in [-0.15, -0.1) is 0 Å². The van der Waals surface area contributed by atoms with Crippen molar-refractivity contribution in [1.29, 1.82) is 0 Å². The summed E-state index contributed by atoms with van der Waals surface area (Å²) in [5.74, 6) is 1.61. The predicted octanol–water partition coefficient (Wildman–Crippen LogP) is 1.12. The first kappa shape index (κ1) is 12.3. The van der Waals surface area contributed by atoms with Crippen molar-refractivity contribution in [2.75, 3.05) is 31.2 Å². The second-order valence-electron chi connectivity index (χ2n) is 3.72. The van der Waals surface area contributed by atoms with Crippen molar-refractivity contribution in [2.45, 2.75) is 18.9 Å². The fourth-order valence-corrected chi connectivity index (χ4v) is 3.45. The maximum absolute atomic E-state index is 11.5. The van der Waals surface area contributed by atoms with Crippen molar-refractivity contribution in [3.8, 4) is 0 Å². The van der Waals surface area contributed by atoms with Crippen molar-refractivity contribution in [1.82, 2.24) is 5.32 Å². The van der Waals surface area contributed by atoms with Gasteiger partial charge in [0.2, 0.25) is 5.91 Å². The third-order valence-corrected chi connectivity index (χ3v) is 4.69. The van der Waals surface area contributed by atoms with Crippen LogP contribution in [0.5, 0.6) is 0 Å². The minimum Gasteiger partial charge on any atom is -0.376 e. The molecule has 0 aromatic heterocycles. The molecule has 1 atom stereocenters. The van der Waals surface area contributed by atoms with Crippen LogP contribution in [0.3, 0.4) is 0 Å². The molecule has 4 nitrogen and oxygen atoms in total. The molecule has 0 radical (unpaired) electrons. The van der Waals surface area contributed by atoms with Gasteiger partial charge in [0.05, 0.1) is 18.4 Å². The number of carbonyl (C=O) groups excluding carboxylic acids is 1. The zero-order chi connectivity index (χ0) is 11.2. The summed E-state index contributed by atoms with van der Waals surface area (Å²) >= 11 is 3.27. The monoisotopic (exact) mass is 260 g/mol. The summed E-state index contributed by atoms with van der Waals surface area (Å²) in [6.45, 7) is 2.38. The Morgan fingerprint density at radius 2 is 2.62 bits per heavy atom. The highest BCUT2D eigenvalue weighted by molar-refractivity contribution is 8.39. The van der Waals surface area contributed by atoms with Gasteiger partial charge in [-0.05, 0) is 12.8 Å². The molecule has 1 amide bonds. The van der Waals surface area contributed by atoms with Crippen LogP contribution in [-0.4, -0.2) is 47.6 Å². The second kappa shape index (κ2) is 6.51. The first-order valence-electron chi connectivity index (χ1n) is 5.53. The summed E-state index contributed by atoms with van der Waals surface area (Å²) in [6, 6.07) is 0. The highest BCUT2D eigenvalue weighted by atomic mass is 32.2. The van der Waals surface area contributed by atoms with Gasteiger partial charge in [0, 0.05) is 18.9 Å². The number of hydrogen-bond acceptors (Lipinski definition) is 5. The van der Waals surface area contributed by atoms with E-state index in [0.29, 0.717) is 12.3 Å². The van der Waals surface area contributed by atoms with Crippen LogP contribution in [0.15, 0.2) is 4.99 Å². The summed E-state index contributed by atoms with van der Waals surface area (Å²) in [6.07, 6.45) is 2.41. The van der Waals surface area contributed by atoms with Crippen LogP contribution in [0.2, 0.25) is 0 Å². The Morgan fingerprint density at radius 1 is 1.69 bits per heavy atom. The maximum atomic E-state index is 11.5. The standard InChI is InChI=1S/C10H16N2O2S2/c13-9(7-16-10-11-3-5-15-10)12-6-8-2-1-4-14-8/h8H,1-7H2,(H,12,13)/t8-/m1/s1. The van der Waals surface area contributed by atoms with E-state index in [0.717, 1.165) is 36.1 Å². The number of ether oxygens (including phenoxy) is 1. The van der Waals surface area contributed by atoms with E-state index >= 15 is 0 Å². The molecular formula is C10H16N2O2S2. The van der Waals surface area contributed by atoms with Gasteiger partial charge in [-0.3, -0.25) is 9.79 Å². The van der Waals surface area contributed by atoms with Gasteiger partial charge in [-0.1, -0.05) is 23.5 Å². The second-order valence-corrected chi connectivity index (χ2v) is 6.03. The van der Waals surface area contributed by atoms with Crippen LogP contribution in [-0.2, 0) is 9.53 Å². The lowest BCUT2D eigenvalue weighted by atomic mass is 10.2. The zero-order valence-electron chi connectivity index (χ0n) is 9.11. The van der Waals surface area contributed by atoms with Crippen LogP contribution in [0.1, 0.15) is 12.8 Å². The molecule has 1 fully saturated rings. The van der Waals surface area contributed by atoms with E-state index in [2.05, 4.69) is 10.3 Å². The molecule has 0 saturated carbocycles. The predicted molar refractivity (Wildman–Crippen MR) is 69.2 cm³/mol. The lowest BCUT2D eigenvalue weighted by Crippen LogP contribution is -2.33. The van der Waals surface area contributed by atoms with Crippen molar-refractivity contribution < 1.29 is 9.53 Å². The summed E-state index contributed by atoms with van der Waals surface area (Å²) in [7, 11) is 0. The van der Waals surface area contributed by atoms with E-state index in [1.807, 2.05) is 0 Å². The SMILES string of the molecule is O=C(CSC1=NCCS1)NC[C@H]1CCCO1. The third kappa shape index (κ3) is 3.99. The number of aliphatic imine (C=N–C) groups is 1. The van der Waals surface area contributed by atoms with Crippen LogP contribution >= 0.6 is 23.5 Å². The number of carbonyl (C=O) groups is 1. The molecule has 0 aliphatic carbocycles. The molecule has 2 rings (SSSR count). The minimum atomic E-state index is 0.0794. The topological polar surface area (TPSA) is 50.7 Å². The van der Waals surface area contributed by atoms with Gasteiger partial charge in [0.15, 0.2) is 0 Å². The number of amides is 1. The van der Waals surface area contributed by atoms with Gasteiger partial charge < -0.3 is 10.1 Å². The molecule has 0 bridgehead atoms. The molecule has 2 aliphatic rings. The molecule has 0 spiro atoms. The molecule has 1 N–H and O–H groups in total. The average molecular weight is 260 g/mol. The summed E-state index contributed by atoms with van der Waals surface area (Å²) < 4.78 is 6.48. The van der Waals surface area contributed by atoms with Gasteiger partial charge in [0.1, 0.15) is 4.38 Å². The summed E-state index contributed by atoms with van der Waals surface area (Å²) in [4.78, 5) is 15.8. The molecule has 0 unspecified atom stereocenters. The molecule has 90 valence electrons. The minimum absolute atomic E-state index is 0.0794. The molecule has 0 aromatic carbocycles. The van der Waals surface area contributed by atoms with Gasteiger partial charge in [0.25, 0.3) is 0 Å². The lowest BCUT2D eigenvalue weighted by molar-refractivity contribution is -0.119. The van der Waals surface area contributed by atoms with Crippen molar-refractivity contribution in [3.63, 3.8) is 0 Å². The number of nitrogens with zero attached hydrogens (tertiary/aromatic N) is 1. The third-order valence-electron chi connectivity index (χ3n) is 2.44. The average Bonchev–Trinajstić information content (AvgIpc) is 2.96. The molecule has 2 aliphatic heterocycles. The quantitative estimate of drug-likeness (QED) is 0.823.